The summed E-state index contributed by atoms with van der Waals surface area (Å²) in [5.41, 5.74) is 14.2. The molecule has 15 rings (SSSR count). The third-order valence-electron chi connectivity index (χ3n) is 13.4. The molecule has 0 atom stereocenters. The summed E-state index contributed by atoms with van der Waals surface area (Å²) < 4.78 is 10.5. The van der Waals surface area contributed by atoms with Gasteiger partial charge in [-0.3, -0.25) is 0 Å². The van der Waals surface area contributed by atoms with Gasteiger partial charge in [0.25, 0.3) is 0 Å². The molecule has 0 aliphatic carbocycles. The van der Waals surface area contributed by atoms with E-state index in [4.69, 9.17) is 0 Å². The van der Waals surface area contributed by atoms with E-state index in [1.807, 2.05) is 34.0 Å². The normalized spacial score (nSPS) is 13.3. The third kappa shape index (κ3) is 4.13. The molecule has 0 unspecified atom stereocenters. The Morgan fingerprint density at radius 3 is 1.50 bits per heavy atom. The highest BCUT2D eigenvalue weighted by Crippen LogP contribution is 2.48. The molecular formula is C54H29BN2S3. The monoisotopic (exact) mass is 812 g/mol. The van der Waals surface area contributed by atoms with Crippen LogP contribution in [0.15, 0.2) is 176 Å². The van der Waals surface area contributed by atoms with Crippen LogP contribution in [-0.4, -0.2) is 11.3 Å². The minimum Gasteiger partial charge on any atom is -0.311 e. The number of hydrogen-bond acceptors (Lipinski definition) is 4. The molecular weight excluding hydrogens is 784 g/mol. The highest BCUT2D eigenvalue weighted by atomic mass is 32.1. The SMILES string of the molecule is c1ccc2c(c1)sc1ccc(N3c4cc5c(cc4B4c6cc7sc8ccccc8c7cc6-c6cc(-n7c8ccccc8c8ccccc87)cc3c64)sc3ccccc35)cc12. The molecule has 2 nitrogen and oxygen atoms in total. The predicted octanol–water partition coefficient (Wildman–Crippen LogP) is 14.2. The summed E-state index contributed by atoms with van der Waals surface area (Å²) in [7, 11) is 0. The quantitative estimate of drug-likeness (QED) is 0.158. The predicted molar refractivity (Wildman–Crippen MR) is 264 cm³/mol. The van der Waals surface area contributed by atoms with E-state index in [-0.39, 0.29) is 6.71 Å². The Balaban J connectivity index is 1.11. The van der Waals surface area contributed by atoms with E-state index in [1.54, 1.807) is 0 Å². The van der Waals surface area contributed by atoms with Crippen molar-refractivity contribution >= 4 is 156 Å². The van der Waals surface area contributed by atoms with Crippen molar-refractivity contribution in [2.45, 2.75) is 0 Å². The van der Waals surface area contributed by atoms with Crippen LogP contribution in [0.3, 0.4) is 0 Å². The summed E-state index contributed by atoms with van der Waals surface area (Å²) in [5.74, 6) is 0. The molecule has 0 saturated carbocycles. The fraction of sp³-hybridized carbons (Fsp3) is 0. The van der Waals surface area contributed by atoms with Gasteiger partial charge in [0, 0.05) is 94.0 Å². The molecule has 0 N–H and O–H groups in total. The number of fused-ring (bicyclic) bond motifs is 17. The zero-order valence-corrected chi connectivity index (χ0v) is 34.4. The van der Waals surface area contributed by atoms with Crippen molar-refractivity contribution in [3.63, 3.8) is 0 Å². The summed E-state index contributed by atoms with van der Waals surface area (Å²) in [5, 5.41) is 10.5. The fourth-order valence-corrected chi connectivity index (χ4v) is 14.2. The van der Waals surface area contributed by atoms with Gasteiger partial charge in [-0.2, -0.15) is 0 Å². The molecule has 2 aliphatic heterocycles. The van der Waals surface area contributed by atoms with Gasteiger partial charge in [-0.05, 0) is 107 Å². The summed E-state index contributed by atoms with van der Waals surface area (Å²) >= 11 is 5.72. The van der Waals surface area contributed by atoms with E-state index in [9.17, 15) is 0 Å². The molecule has 0 radical (unpaired) electrons. The fourth-order valence-electron chi connectivity index (χ4n) is 10.9. The van der Waals surface area contributed by atoms with E-state index < -0.39 is 0 Å². The average Bonchev–Trinajstić information content (AvgIpc) is 4.10. The van der Waals surface area contributed by atoms with Gasteiger partial charge in [0.05, 0.1) is 11.0 Å². The van der Waals surface area contributed by atoms with Crippen molar-refractivity contribution in [3.05, 3.63) is 176 Å². The van der Waals surface area contributed by atoms with E-state index in [1.165, 1.54) is 133 Å². The maximum Gasteiger partial charge on any atom is 0.248 e. The van der Waals surface area contributed by atoms with Crippen LogP contribution in [-0.2, 0) is 0 Å². The molecule has 60 heavy (non-hydrogen) atoms. The number of aromatic nitrogens is 1. The molecule has 9 aromatic carbocycles. The van der Waals surface area contributed by atoms with Crippen LogP contribution in [0.5, 0.6) is 0 Å². The van der Waals surface area contributed by atoms with Gasteiger partial charge < -0.3 is 9.47 Å². The molecule has 0 spiro atoms. The molecule has 0 fully saturated rings. The summed E-state index contributed by atoms with van der Waals surface area (Å²) in [6.45, 7) is 0.0957. The van der Waals surface area contributed by atoms with Gasteiger partial charge in [0.1, 0.15) is 0 Å². The Labute approximate surface area is 356 Å². The number of hydrogen-bond donors (Lipinski definition) is 0. The number of nitrogens with zero attached hydrogens (tertiary/aromatic N) is 2. The second-order valence-electron chi connectivity index (χ2n) is 16.4. The Morgan fingerprint density at radius 1 is 0.333 bits per heavy atom. The van der Waals surface area contributed by atoms with E-state index in [0.29, 0.717) is 0 Å². The highest BCUT2D eigenvalue weighted by Gasteiger charge is 2.44. The largest absolute Gasteiger partial charge is 0.311 e. The van der Waals surface area contributed by atoms with E-state index in [0.717, 1.165) is 0 Å². The molecule has 0 bridgehead atoms. The molecule has 4 aromatic heterocycles. The smallest absolute Gasteiger partial charge is 0.248 e. The van der Waals surface area contributed by atoms with Gasteiger partial charge in [-0.1, -0.05) is 96.5 Å². The van der Waals surface area contributed by atoms with Crippen LogP contribution in [0.25, 0.3) is 99.1 Å². The lowest BCUT2D eigenvalue weighted by molar-refractivity contribution is 1.17. The second kappa shape index (κ2) is 11.5. The molecule has 0 saturated heterocycles. The van der Waals surface area contributed by atoms with Gasteiger partial charge in [-0.25, -0.2) is 0 Å². The van der Waals surface area contributed by atoms with Crippen LogP contribution in [0.1, 0.15) is 0 Å². The number of para-hydroxylation sites is 2. The van der Waals surface area contributed by atoms with Crippen molar-refractivity contribution < 1.29 is 0 Å². The van der Waals surface area contributed by atoms with Crippen molar-refractivity contribution in [1.29, 1.82) is 0 Å². The van der Waals surface area contributed by atoms with Crippen LogP contribution >= 0.6 is 34.0 Å². The minimum absolute atomic E-state index is 0.0957. The summed E-state index contributed by atoms with van der Waals surface area (Å²) in [6.07, 6.45) is 0. The Morgan fingerprint density at radius 2 is 0.850 bits per heavy atom. The number of benzene rings is 9. The van der Waals surface area contributed by atoms with Crippen molar-refractivity contribution in [1.82, 2.24) is 4.57 Å². The van der Waals surface area contributed by atoms with Crippen LogP contribution in [0, 0.1) is 0 Å². The highest BCUT2D eigenvalue weighted by molar-refractivity contribution is 7.27. The summed E-state index contributed by atoms with van der Waals surface area (Å²) in [4.78, 5) is 2.61. The van der Waals surface area contributed by atoms with Crippen molar-refractivity contribution in [3.8, 4) is 16.8 Å². The maximum absolute atomic E-state index is 2.61. The van der Waals surface area contributed by atoms with E-state index in [2.05, 4.69) is 185 Å². The number of anilines is 3. The maximum atomic E-state index is 2.61. The third-order valence-corrected chi connectivity index (χ3v) is 16.8. The van der Waals surface area contributed by atoms with Crippen molar-refractivity contribution in [2.24, 2.45) is 0 Å². The molecule has 2 aliphatic rings. The summed E-state index contributed by atoms with van der Waals surface area (Å²) in [6, 6.07) is 66.9. The Kier molecular flexibility index (Phi) is 6.18. The Hall–Kier alpha value is -6.70. The number of rotatable bonds is 2. The Bertz CT molecular complexity index is 4000. The van der Waals surface area contributed by atoms with Crippen molar-refractivity contribution in [2.75, 3.05) is 4.90 Å². The zero-order chi connectivity index (χ0) is 38.8. The van der Waals surface area contributed by atoms with Crippen LogP contribution in [0.4, 0.5) is 17.1 Å². The lowest BCUT2D eigenvalue weighted by Crippen LogP contribution is -2.54. The first-order chi connectivity index (χ1) is 29.7. The lowest BCUT2D eigenvalue weighted by atomic mass is 9.37. The molecule has 6 heteroatoms. The lowest BCUT2D eigenvalue weighted by Gasteiger charge is -2.36. The van der Waals surface area contributed by atoms with Gasteiger partial charge in [-0.15, -0.1) is 34.0 Å². The molecule has 6 heterocycles. The standard InChI is InChI=1S/C54H29BN2S3/c1-6-16-44-32(11-1)33-12-2-7-17-45(33)57(44)31-24-41-37-26-39-35-14-4-9-19-49(35)59-52(39)28-42(37)55-43-29-53-40(36-15-5-10-20-50(36)60-53)27-46(43)56(47(25-31)54(41)55)30-21-22-51-38(23-30)34-13-3-8-18-48(34)58-51/h1-29H. The first-order valence-corrected chi connectivity index (χ1v) is 23.0. The number of thiophene rings is 3. The molecule has 13 aromatic rings. The zero-order valence-electron chi connectivity index (χ0n) is 31.9. The van der Waals surface area contributed by atoms with Gasteiger partial charge >= 0.3 is 0 Å². The van der Waals surface area contributed by atoms with Crippen LogP contribution < -0.4 is 21.3 Å². The topological polar surface area (TPSA) is 8.17 Å². The van der Waals surface area contributed by atoms with Gasteiger partial charge in [0.15, 0.2) is 0 Å². The average molecular weight is 813 g/mol. The first-order valence-electron chi connectivity index (χ1n) is 20.5. The molecule has 276 valence electrons. The van der Waals surface area contributed by atoms with Gasteiger partial charge in [0.2, 0.25) is 6.71 Å². The minimum atomic E-state index is 0.0957. The second-order valence-corrected chi connectivity index (χ2v) is 19.6. The molecule has 0 amide bonds. The van der Waals surface area contributed by atoms with Crippen LogP contribution in [0.2, 0.25) is 0 Å². The first kappa shape index (κ1) is 32.2. The van der Waals surface area contributed by atoms with E-state index >= 15 is 0 Å².